The van der Waals surface area contributed by atoms with Crippen molar-refractivity contribution in [1.29, 1.82) is 0 Å². The van der Waals surface area contributed by atoms with Crippen molar-refractivity contribution in [2.45, 2.75) is 85.6 Å². The largest absolute Gasteiger partial charge is 0.321 e. The molecule has 0 saturated heterocycles. The summed E-state index contributed by atoms with van der Waals surface area (Å²) in [6.07, 6.45) is 8.24. The minimum absolute atomic E-state index is 0.131. The number of carbonyl (C=O) groups excluding carboxylic acids is 1. The Kier molecular flexibility index (Phi) is 8.51. The third-order valence-corrected chi connectivity index (χ3v) is 4.33. The van der Waals surface area contributed by atoms with Crippen LogP contribution in [0.3, 0.4) is 0 Å². The molecule has 1 fully saturated rings. The molecular formula is C16H33NO. The fourth-order valence-corrected chi connectivity index (χ4v) is 2.69. The lowest BCUT2D eigenvalue weighted by Crippen LogP contribution is -2.35. The maximum absolute atomic E-state index is 11.9. The minimum atomic E-state index is -0.229. The second-order valence-electron chi connectivity index (χ2n) is 5.87. The molecule has 2 unspecified atom stereocenters. The van der Waals surface area contributed by atoms with Gasteiger partial charge in [-0.15, -0.1) is 0 Å². The fourth-order valence-electron chi connectivity index (χ4n) is 2.69. The molecular weight excluding hydrogens is 222 g/mol. The maximum atomic E-state index is 11.9. The van der Waals surface area contributed by atoms with Crippen molar-refractivity contribution in [3.63, 3.8) is 0 Å². The molecule has 0 aromatic carbocycles. The van der Waals surface area contributed by atoms with Gasteiger partial charge in [0.05, 0.1) is 6.04 Å². The zero-order chi connectivity index (χ0) is 14.2. The van der Waals surface area contributed by atoms with Crippen LogP contribution >= 0.6 is 0 Å². The van der Waals surface area contributed by atoms with Crippen LogP contribution in [0.2, 0.25) is 0 Å². The average Bonchev–Trinajstić information content (AvgIpc) is 2.84. The second-order valence-corrected chi connectivity index (χ2v) is 5.87. The van der Waals surface area contributed by atoms with E-state index in [1.807, 2.05) is 27.7 Å². The lowest BCUT2D eigenvalue weighted by Gasteiger charge is -2.25. The first-order chi connectivity index (χ1) is 8.48. The number of carbonyl (C=O) groups is 1. The average molecular weight is 255 g/mol. The standard InChI is InChI=1S/C14H27NO.C2H6/c1-4-11(2)13(16)12(15)7-10-14(3)8-5-6-9-14;1-2/h11-12H,4-10,15H2,1-3H3;1-2H3. The minimum Gasteiger partial charge on any atom is -0.321 e. The van der Waals surface area contributed by atoms with E-state index in [0.29, 0.717) is 5.41 Å². The zero-order valence-corrected chi connectivity index (χ0v) is 13.1. The Labute approximate surface area is 114 Å². The van der Waals surface area contributed by atoms with Gasteiger partial charge in [-0.25, -0.2) is 0 Å². The molecule has 0 amide bonds. The SMILES string of the molecule is CC.CCC(C)C(=O)C(N)CCC1(C)CCCC1. The Hall–Kier alpha value is -0.370. The third kappa shape index (κ3) is 5.51. The quantitative estimate of drug-likeness (QED) is 0.768. The molecule has 1 aliphatic rings. The van der Waals surface area contributed by atoms with Crippen molar-refractivity contribution in [3.05, 3.63) is 0 Å². The van der Waals surface area contributed by atoms with Crippen LogP contribution in [0.5, 0.6) is 0 Å². The molecule has 0 bridgehead atoms. The van der Waals surface area contributed by atoms with Gasteiger partial charge >= 0.3 is 0 Å². The van der Waals surface area contributed by atoms with Gasteiger partial charge < -0.3 is 5.73 Å². The highest BCUT2D eigenvalue weighted by molar-refractivity contribution is 5.85. The molecule has 0 radical (unpaired) electrons. The Bertz CT molecular complexity index is 231. The highest BCUT2D eigenvalue weighted by Gasteiger charge is 2.30. The van der Waals surface area contributed by atoms with Gasteiger partial charge in [0.2, 0.25) is 0 Å². The number of hydrogen-bond acceptors (Lipinski definition) is 2. The molecule has 0 spiro atoms. The van der Waals surface area contributed by atoms with E-state index >= 15 is 0 Å². The van der Waals surface area contributed by atoms with Crippen molar-refractivity contribution < 1.29 is 4.79 Å². The van der Waals surface area contributed by atoms with Crippen LogP contribution in [0, 0.1) is 11.3 Å². The molecule has 2 atom stereocenters. The van der Waals surface area contributed by atoms with Crippen LogP contribution < -0.4 is 5.73 Å². The molecule has 18 heavy (non-hydrogen) atoms. The number of hydrogen-bond donors (Lipinski definition) is 1. The molecule has 0 aromatic rings. The molecule has 1 saturated carbocycles. The fraction of sp³-hybridized carbons (Fsp3) is 0.938. The van der Waals surface area contributed by atoms with Crippen molar-refractivity contribution in [1.82, 2.24) is 0 Å². The summed E-state index contributed by atoms with van der Waals surface area (Å²) >= 11 is 0. The van der Waals surface area contributed by atoms with E-state index < -0.39 is 0 Å². The normalized spacial score (nSPS) is 20.8. The Morgan fingerprint density at radius 1 is 1.28 bits per heavy atom. The number of Topliss-reactive ketones (excluding diaryl/α,β-unsaturated/α-hetero) is 1. The maximum Gasteiger partial charge on any atom is 0.152 e. The summed E-state index contributed by atoms with van der Waals surface area (Å²) in [7, 11) is 0. The Morgan fingerprint density at radius 2 is 1.78 bits per heavy atom. The molecule has 2 heteroatoms. The van der Waals surface area contributed by atoms with Crippen LogP contribution in [-0.4, -0.2) is 11.8 Å². The van der Waals surface area contributed by atoms with E-state index in [4.69, 9.17) is 5.73 Å². The molecule has 2 nitrogen and oxygen atoms in total. The number of ketones is 1. The van der Waals surface area contributed by atoms with Crippen molar-refractivity contribution in [2.75, 3.05) is 0 Å². The second kappa shape index (κ2) is 8.68. The van der Waals surface area contributed by atoms with Crippen molar-refractivity contribution in [3.8, 4) is 0 Å². The predicted octanol–water partition coefficient (Wildman–Crippen LogP) is 4.32. The van der Waals surface area contributed by atoms with Gasteiger partial charge in [-0.2, -0.15) is 0 Å². The van der Waals surface area contributed by atoms with Crippen molar-refractivity contribution in [2.24, 2.45) is 17.1 Å². The molecule has 1 rings (SSSR count). The third-order valence-electron chi connectivity index (χ3n) is 4.33. The highest BCUT2D eigenvalue weighted by Crippen LogP contribution is 2.41. The van der Waals surface area contributed by atoms with Gasteiger partial charge in [-0.3, -0.25) is 4.79 Å². The smallest absolute Gasteiger partial charge is 0.152 e. The first kappa shape index (κ1) is 17.6. The molecule has 2 N–H and O–H groups in total. The van der Waals surface area contributed by atoms with Gasteiger partial charge in [-0.05, 0) is 37.5 Å². The van der Waals surface area contributed by atoms with Crippen LogP contribution in [0.1, 0.15) is 79.6 Å². The first-order valence-corrected chi connectivity index (χ1v) is 7.78. The Morgan fingerprint density at radius 3 is 2.22 bits per heavy atom. The van der Waals surface area contributed by atoms with Gasteiger partial charge in [0.25, 0.3) is 0 Å². The summed E-state index contributed by atoms with van der Waals surface area (Å²) in [5.74, 6) is 0.385. The van der Waals surface area contributed by atoms with E-state index in [0.717, 1.165) is 19.3 Å². The molecule has 0 heterocycles. The van der Waals surface area contributed by atoms with Crippen molar-refractivity contribution >= 4 is 5.78 Å². The van der Waals surface area contributed by atoms with E-state index in [-0.39, 0.29) is 17.7 Å². The van der Waals surface area contributed by atoms with Crippen LogP contribution in [0.25, 0.3) is 0 Å². The first-order valence-electron chi connectivity index (χ1n) is 7.78. The lowest BCUT2D eigenvalue weighted by atomic mass is 9.81. The number of nitrogens with two attached hydrogens (primary N) is 1. The molecule has 0 aliphatic heterocycles. The van der Waals surface area contributed by atoms with Crippen LogP contribution in [-0.2, 0) is 4.79 Å². The summed E-state index contributed by atoms with van der Waals surface area (Å²) in [6.45, 7) is 10.4. The zero-order valence-electron chi connectivity index (χ0n) is 13.1. The van der Waals surface area contributed by atoms with Crippen LogP contribution in [0.15, 0.2) is 0 Å². The summed E-state index contributed by atoms with van der Waals surface area (Å²) in [4.78, 5) is 11.9. The molecule has 0 aromatic heterocycles. The summed E-state index contributed by atoms with van der Waals surface area (Å²) in [6, 6.07) is -0.229. The summed E-state index contributed by atoms with van der Waals surface area (Å²) in [5, 5.41) is 0. The van der Waals surface area contributed by atoms with Gasteiger partial charge in [-0.1, -0.05) is 47.5 Å². The highest BCUT2D eigenvalue weighted by atomic mass is 16.1. The molecule has 108 valence electrons. The van der Waals surface area contributed by atoms with Gasteiger partial charge in [0.1, 0.15) is 0 Å². The summed E-state index contributed by atoms with van der Waals surface area (Å²) in [5.41, 5.74) is 6.45. The topological polar surface area (TPSA) is 43.1 Å². The van der Waals surface area contributed by atoms with E-state index in [2.05, 4.69) is 6.92 Å². The van der Waals surface area contributed by atoms with E-state index in [1.165, 1.54) is 25.7 Å². The van der Waals surface area contributed by atoms with Crippen LogP contribution in [0.4, 0.5) is 0 Å². The molecule has 1 aliphatic carbocycles. The number of rotatable bonds is 6. The van der Waals surface area contributed by atoms with Gasteiger partial charge in [0, 0.05) is 5.92 Å². The van der Waals surface area contributed by atoms with Gasteiger partial charge in [0.15, 0.2) is 5.78 Å². The predicted molar refractivity (Wildman–Crippen MR) is 79.6 cm³/mol. The Balaban J connectivity index is 0.00000137. The monoisotopic (exact) mass is 255 g/mol. The van der Waals surface area contributed by atoms with E-state index in [1.54, 1.807) is 0 Å². The summed E-state index contributed by atoms with van der Waals surface area (Å²) < 4.78 is 0. The van der Waals surface area contributed by atoms with E-state index in [9.17, 15) is 4.79 Å². The lowest BCUT2D eigenvalue weighted by molar-refractivity contribution is -0.124.